The average molecular weight is 278 g/mol. The van der Waals surface area contributed by atoms with Crippen molar-refractivity contribution in [2.75, 3.05) is 25.4 Å². The molecule has 2 aliphatic heterocycles. The van der Waals surface area contributed by atoms with Gasteiger partial charge in [0.2, 0.25) is 0 Å². The Morgan fingerprint density at radius 1 is 1.53 bits per heavy atom. The third-order valence-electron chi connectivity index (χ3n) is 3.75. The molecule has 3 heterocycles. The first-order valence-corrected chi connectivity index (χ1v) is 7.66. The number of rotatable bonds is 3. The van der Waals surface area contributed by atoms with Crippen LogP contribution in [0.4, 0.5) is 0 Å². The Balaban J connectivity index is 1.57. The van der Waals surface area contributed by atoms with Crippen LogP contribution in [0.15, 0.2) is 24.5 Å². The number of ether oxygens (including phenoxy) is 1. The molecule has 2 fully saturated rings. The van der Waals surface area contributed by atoms with Gasteiger partial charge in [-0.1, -0.05) is 0 Å². The number of likely N-dealkylation sites (tertiary alicyclic amines) is 1. The molecule has 0 N–H and O–H groups in total. The zero-order valence-electron chi connectivity index (χ0n) is 11.0. The summed E-state index contributed by atoms with van der Waals surface area (Å²) in [5, 5.41) is 0. The summed E-state index contributed by atoms with van der Waals surface area (Å²) in [6, 6.07) is 3.55. The van der Waals surface area contributed by atoms with Gasteiger partial charge in [-0.25, -0.2) is 0 Å². The van der Waals surface area contributed by atoms with Crippen LogP contribution in [0.25, 0.3) is 0 Å². The lowest BCUT2D eigenvalue weighted by atomic mass is 9.92. The number of aromatic nitrogens is 1. The Bertz CT molecular complexity index is 460. The van der Waals surface area contributed by atoms with E-state index in [4.69, 9.17) is 4.74 Å². The van der Waals surface area contributed by atoms with E-state index in [1.807, 2.05) is 23.6 Å². The number of hydrogen-bond donors (Lipinski definition) is 0. The normalized spacial score (nSPS) is 24.5. The van der Waals surface area contributed by atoms with E-state index < -0.39 is 0 Å². The monoisotopic (exact) mass is 278 g/mol. The highest BCUT2D eigenvalue weighted by molar-refractivity contribution is 8.01. The SMILES string of the molecule is CCOC1CSC2(C1)CN(C(=O)c1ccncc1)C2. The molecule has 2 aliphatic rings. The summed E-state index contributed by atoms with van der Waals surface area (Å²) in [7, 11) is 0. The van der Waals surface area contributed by atoms with E-state index in [-0.39, 0.29) is 10.7 Å². The van der Waals surface area contributed by atoms with Gasteiger partial charge in [-0.15, -0.1) is 11.8 Å². The second kappa shape index (κ2) is 5.13. The number of carbonyl (C=O) groups is 1. The maximum atomic E-state index is 12.2. The van der Waals surface area contributed by atoms with Crippen LogP contribution < -0.4 is 0 Å². The van der Waals surface area contributed by atoms with Crippen LogP contribution in [0.3, 0.4) is 0 Å². The fourth-order valence-electron chi connectivity index (χ4n) is 2.84. The molecule has 1 aromatic heterocycles. The van der Waals surface area contributed by atoms with Crippen LogP contribution in [-0.2, 0) is 4.74 Å². The van der Waals surface area contributed by atoms with Gasteiger partial charge in [0.25, 0.3) is 5.91 Å². The minimum atomic E-state index is 0.119. The molecule has 1 atom stereocenters. The smallest absolute Gasteiger partial charge is 0.254 e. The second-order valence-corrected chi connectivity index (χ2v) is 6.66. The zero-order valence-corrected chi connectivity index (χ0v) is 11.9. The van der Waals surface area contributed by atoms with E-state index in [1.165, 1.54) is 0 Å². The molecule has 2 saturated heterocycles. The van der Waals surface area contributed by atoms with Gasteiger partial charge in [0, 0.05) is 43.4 Å². The van der Waals surface area contributed by atoms with E-state index in [9.17, 15) is 4.79 Å². The molecular weight excluding hydrogens is 260 g/mol. The Hall–Kier alpha value is -1.07. The van der Waals surface area contributed by atoms with Crippen molar-refractivity contribution in [1.29, 1.82) is 0 Å². The standard InChI is InChI=1S/C14H18N2O2S/c1-2-18-12-7-14(19-8-12)9-16(10-14)13(17)11-3-5-15-6-4-11/h3-6,12H,2,7-10H2,1H3. The Labute approximate surface area is 117 Å². The van der Waals surface area contributed by atoms with Crippen molar-refractivity contribution in [3.63, 3.8) is 0 Å². The van der Waals surface area contributed by atoms with Crippen LogP contribution in [0.1, 0.15) is 23.7 Å². The van der Waals surface area contributed by atoms with Crippen LogP contribution in [-0.4, -0.2) is 52.1 Å². The van der Waals surface area contributed by atoms with Gasteiger partial charge in [0.1, 0.15) is 0 Å². The lowest BCUT2D eigenvalue weighted by molar-refractivity contribution is 0.0359. The maximum Gasteiger partial charge on any atom is 0.254 e. The van der Waals surface area contributed by atoms with E-state index in [2.05, 4.69) is 4.98 Å². The zero-order chi connectivity index (χ0) is 13.3. The molecule has 0 saturated carbocycles. The van der Waals surface area contributed by atoms with Gasteiger partial charge >= 0.3 is 0 Å². The van der Waals surface area contributed by atoms with Crippen molar-refractivity contribution >= 4 is 17.7 Å². The predicted molar refractivity (Wildman–Crippen MR) is 75.4 cm³/mol. The van der Waals surface area contributed by atoms with Crippen molar-refractivity contribution in [2.45, 2.75) is 24.2 Å². The van der Waals surface area contributed by atoms with Crippen LogP contribution in [0.2, 0.25) is 0 Å². The minimum Gasteiger partial charge on any atom is -0.378 e. The van der Waals surface area contributed by atoms with Crippen LogP contribution in [0, 0.1) is 0 Å². The first kappa shape index (κ1) is 12.9. The highest BCUT2D eigenvalue weighted by atomic mass is 32.2. The highest BCUT2D eigenvalue weighted by Crippen LogP contribution is 2.46. The van der Waals surface area contributed by atoms with Crippen molar-refractivity contribution in [2.24, 2.45) is 0 Å². The van der Waals surface area contributed by atoms with Gasteiger partial charge in [0.15, 0.2) is 0 Å². The van der Waals surface area contributed by atoms with Crippen molar-refractivity contribution in [1.82, 2.24) is 9.88 Å². The molecule has 0 aliphatic carbocycles. The number of hydrogen-bond acceptors (Lipinski definition) is 4. The number of thioether (sulfide) groups is 1. The van der Waals surface area contributed by atoms with Crippen LogP contribution >= 0.6 is 11.8 Å². The third-order valence-corrected chi connectivity index (χ3v) is 5.33. The largest absolute Gasteiger partial charge is 0.378 e. The molecule has 0 radical (unpaired) electrons. The number of carbonyl (C=O) groups excluding carboxylic acids is 1. The van der Waals surface area contributed by atoms with Gasteiger partial charge in [-0.2, -0.15) is 0 Å². The molecule has 4 nitrogen and oxygen atoms in total. The Morgan fingerprint density at radius 2 is 2.26 bits per heavy atom. The fourth-order valence-corrected chi connectivity index (χ4v) is 4.39. The lowest BCUT2D eigenvalue weighted by Gasteiger charge is -2.47. The molecule has 1 unspecified atom stereocenters. The summed E-state index contributed by atoms with van der Waals surface area (Å²) in [6.07, 6.45) is 4.77. The predicted octanol–water partition coefficient (Wildman–Crippen LogP) is 1.82. The number of pyridine rings is 1. The number of nitrogens with zero attached hydrogens (tertiary/aromatic N) is 2. The average Bonchev–Trinajstić information content (AvgIpc) is 2.82. The molecule has 3 rings (SSSR count). The molecular formula is C14H18N2O2S. The fraction of sp³-hybridized carbons (Fsp3) is 0.571. The van der Waals surface area contributed by atoms with Crippen LogP contribution in [0.5, 0.6) is 0 Å². The van der Waals surface area contributed by atoms with Gasteiger partial charge in [-0.3, -0.25) is 9.78 Å². The van der Waals surface area contributed by atoms with Crippen molar-refractivity contribution < 1.29 is 9.53 Å². The molecule has 0 aromatic carbocycles. The third kappa shape index (κ3) is 2.49. The summed E-state index contributed by atoms with van der Waals surface area (Å²) in [4.78, 5) is 18.1. The quantitative estimate of drug-likeness (QED) is 0.846. The molecule has 1 spiro atoms. The lowest BCUT2D eigenvalue weighted by Crippen LogP contribution is -2.60. The van der Waals surface area contributed by atoms with E-state index >= 15 is 0 Å². The van der Waals surface area contributed by atoms with Gasteiger partial charge < -0.3 is 9.64 Å². The first-order chi connectivity index (χ1) is 9.22. The van der Waals surface area contributed by atoms with Gasteiger partial charge in [-0.05, 0) is 25.5 Å². The minimum absolute atomic E-state index is 0.119. The summed E-state index contributed by atoms with van der Waals surface area (Å²) in [5.41, 5.74) is 0.731. The molecule has 5 heteroatoms. The van der Waals surface area contributed by atoms with E-state index in [0.717, 1.165) is 37.4 Å². The first-order valence-electron chi connectivity index (χ1n) is 6.67. The molecule has 0 bridgehead atoms. The molecule has 19 heavy (non-hydrogen) atoms. The van der Waals surface area contributed by atoms with Crippen molar-refractivity contribution in [3.8, 4) is 0 Å². The van der Waals surface area contributed by atoms with E-state index in [0.29, 0.717) is 6.10 Å². The highest BCUT2D eigenvalue weighted by Gasteiger charge is 2.50. The van der Waals surface area contributed by atoms with E-state index in [1.54, 1.807) is 24.5 Å². The molecule has 102 valence electrons. The Kier molecular flexibility index (Phi) is 3.50. The summed E-state index contributed by atoms with van der Waals surface area (Å²) in [6.45, 7) is 4.52. The second-order valence-electron chi connectivity index (χ2n) is 5.17. The maximum absolute atomic E-state index is 12.2. The summed E-state index contributed by atoms with van der Waals surface area (Å²) < 4.78 is 5.93. The molecule has 1 amide bonds. The summed E-state index contributed by atoms with van der Waals surface area (Å²) >= 11 is 1.96. The summed E-state index contributed by atoms with van der Waals surface area (Å²) in [5.74, 6) is 1.18. The van der Waals surface area contributed by atoms with Gasteiger partial charge in [0.05, 0.1) is 10.9 Å². The Morgan fingerprint density at radius 3 is 2.95 bits per heavy atom. The van der Waals surface area contributed by atoms with Crippen molar-refractivity contribution in [3.05, 3.63) is 30.1 Å². The molecule has 1 aromatic rings. The topological polar surface area (TPSA) is 42.4 Å². The number of amides is 1.